The molecule has 0 saturated heterocycles. The van der Waals surface area contributed by atoms with Gasteiger partial charge in [-0.2, -0.15) is 0 Å². The molecule has 1 heterocycles. The largest absolute Gasteiger partial charge is 0.383 e. The fourth-order valence-corrected chi connectivity index (χ4v) is 1.74. The first-order chi connectivity index (χ1) is 8.80. The monoisotopic (exact) mass is 268 g/mol. The van der Waals surface area contributed by atoms with Gasteiger partial charge in [-0.1, -0.05) is 0 Å². The molecule has 0 aliphatic heterocycles. The normalized spacial score (nSPS) is 13.1. The van der Waals surface area contributed by atoms with Crippen molar-refractivity contribution < 1.29 is 14.3 Å². The third-order valence-electron chi connectivity index (χ3n) is 2.81. The Kier molecular flexibility index (Phi) is 4.66. The number of ether oxygens (including phenoxy) is 1. The molecule has 0 fully saturated rings. The van der Waals surface area contributed by atoms with Crippen LogP contribution in [0.25, 0.3) is 0 Å². The van der Waals surface area contributed by atoms with E-state index in [9.17, 15) is 9.59 Å². The van der Waals surface area contributed by atoms with E-state index in [1.807, 2.05) is 6.92 Å². The number of rotatable bonds is 6. The van der Waals surface area contributed by atoms with E-state index in [-0.39, 0.29) is 17.8 Å². The summed E-state index contributed by atoms with van der Waals surface area (Å²) in [6, 6.07) is -0.127. The van der Waals surface area contributed by atoms with Gasteiger partial charge in [-0.25, -0.2) is 4.98 Å². The molecular formula is C12H20N4O3. The van der Waals surface area contributed by atoms with Crippen LogP contribution in [0.15, 0.2) is 12.4 Å². The van der Waals surface area contributed by atoms with Crippen molar-refractivity contribution in [3.05, 3.63) is 18.2 Å². The van der Waals surface area contributed by atoms with Crippen LogP contribution in [0.2, 0.25) is 0 Å². The summed E-state index contributed by atoms with van der Waals surface area (Å²) >= 11 is 0. The van der Waals surface area contributed by atoms with Crippen LogP contribution in [0, 0.1) is 0 Å². The van der Waals surface area contributed by atoms with Crippen LogP contribution in [0.4, 0.5) is 0 Å². The Morgan fingerprint density at radius 1 is 1.58 bits per heavy atom. The summed E-state index contributed by atoms with van der Waals surface area (Å²) in [7, 11) is 1.56. The van der Waals surface area contributed by atoms with Gasteiger partial charge >= 0.3 is 0 Å². The average Bonchev–Trinajstić information content (AvgIpc) is 2.78. The Morgan fingerprint density at radius 3 is 2.74 bits per heavy atom. The molecule has 19 heavy (non-hydrogen) atoms. The highest BCUT2D eigenvalue weighted by Crippen LogP contribution is 2.17. The second-order valence-corrected chi connectivity index (χ2v) is 4.87. The molecule has 3 N–H and O–H groups in total. The van der Waals surface area contributed by atoms with E-state index in [4.69, 9.17) is 10.5 Å². The van der Waals surface area contributed by atoms with Crippen molar-refractivity contribution in [2.75, 3.05) is 13.7 Å². The molecule has 1 atom stereocenters. The number of amides is 2. The number of nitrogens with one attached hydrogen (secondary N) is 1. The zero-order valence-corrected chi connectivity index (χ0v) is 11.6. The van der Waals surface area contributed by atoms with E-state index in [0.717, 1.165) is 0 Å². The van der Waals surface area contributed by atoms with Gasteiger partial charge in [0.1, 0.15) is 5.54 Å². The molecule has 0 radical (unpaired) electrons. The number of nitrogens with zero attached hydrogens (tertiary/aromatic N) is 2. The molecule has 0 aliphatic carbocycles. The molecule has 7 heteroatoms. The van der Waals surface area contributed by atoms with E-state index in [0.29, 0.717) is 6.61 Å². The molecular weight excluding hydrogens is 248 g/mol. The molecule has 1 aromatic heterocycles. The fourth-order valence-electron chi connectivity index (χ4n) is 1.74. The fraction of sp³-hybridized carbons (Fsp3) is 0.583. The molecule has 2 amide bonds. The maximum Gasteiger partial charge on any atom is 0.284 e. The maximum atomic E-state index is 12.3. The number of imidazole rings is 1. The van der Waals surface area contributed by atoms with E-state index >= 15 is 0 Å². The second-order valence-electron chi connectivity index (χ2n) is 4.87. The predicted octanol–water partition coefficient (Wildman–Crippen LogP) is -0.132. The number of primary amides is 1. The van der Waals surface area contributed by atoms with Crippen LogP contribution in [-0.4, -0.2) is 41.1 Å². The molecule has 0 aromatic carbocycles. The molecule has 0 saturated carbocycles. The zero-order chi connectivity index (χ0) is 14.6. The standard InChI is InChI=1S/C12H20N4O3/c1-8(7-19-4)15-11(18)12(2,3)16-6-5-14-10(16)9(13)17/h5-6,8H,7H2,1-4H3,(H2,13,17)(H,15,18). The smallest absolute Gasteiger partial charge is 0.284 e. The van der Waals surface area contributed by atoms with E-state index < -0.39 is 11.4 Å². The Labute approximate surface area is 112 Å². The van der Waals surface area contributed by atoms with Gasteiger partial charge in [-0.15, -0.1) is 0 Å². The number of hydrogen-bond acceptors (Lipinski definition) is 4. The number of nitrogens with two attached hydrogens (primary N) is 1. The van der Waals surface area contributed by atoms with Crippen molar-refractivity contribution in [3.63, 3.8) is 0 Å². The van der Waals surface area contributed by atoms with E-state index in [1.54, 1.807) is 27.2 Å². The number of methoxy groups -OCH3 is 1. The van der Waals surface area contributed by atoms with Gasteiger partial charge in [0.05, 0.1) is 6.61 Å². The summed E-state index contributed by atoms with van der Waals surface area (Å²) in [6.45, 7) is 5.63. The lowest BCUT2D eigenvalue weighted by Gasteiger charge is -2.28. The lowest BCUT2D eigenvalue weighted by molar-refractivity contribution is -0.129. The second kappa shape index (κ2) is 5.83. The lowest BCUT2D eigenvalue weighted by atomic mass is 10.0. The highest BCUT2D eigenvalue weighted by Gasteiger charge is 2.33. The van der Waals surface area contributed by atoms with Crippen molar-refractivity contribution in [1.29, 1.82) is 0 Å². The van der Waals surface area contributed by atoms with Crippen LogP contribution < -0.4 is 11.1 Å². The SMILES string of the molecule is COCC(C)NC(=O)C(C)(C)n1ccnc1C(N)=O. The number of hydrogen-bond donors (Lipinski definition) is 2. The first kappa shape index (κ1) is 15.2. The lowest BCUT2D eigenvalue weighted by Crippen LogP contribution is -2.49. The van der Waals surface area contributed by atoms with Gasteiger partial charge in [0.15, 0.2) is 5.82 Å². The molecule has 1 unspecified atom stereocenters. The minimum Gasteiger partial charge on any atom is -0.383 e. The van der Waals surface area contributed by atoms with Crippen molar-refractivity contribution >= 4 is 11.8 Å². The van der Waals surface area contributed by atoms with Gasteiger partial charge in [-0.05, 0) is 20.8 Å². The van der Waals surface area contributed by atoms with Crippen molar-refractivity contribution in [3.8, 4) is 0 Å². The van der Waals surface area contributed by atoms with Gasteiger partial charge in [0.25, 0.3) is 5.91 Å². The average molecular weight is 268 g/mol. The van der Waals surface area contributed by atoms with Crippen molar-refractivity contribution in [1.82, 2.24) is 14.9 Å². The third kappa shape index (κ3) is 3.31. The summed E-state index contributed by atoms with van der Waals surface area (Å²) in [4.78, 5) is 27.4. The molecule has 1 rings (SSSR count). The van der Waals surface area contributed by atoms with Crippen molar-refractivity contribution in [2.45, 2.75) is 32.4 Å². The van der Waals surface area contributed by atoms with Gasteiger partial charge < -0.3 is 20.4 Å². The van der Waals surface area contributed by atoms with E-state index in [1.165, 1.54) is 10.8 Å². The first-order valence-corrected chi connectivity index (χ1v) is 5.94. The zero-order valence-electron chi connectivity index (χ0n) is 11.6. The number of carbonyl (C=O) groups excluding carboxylic acids is 2. The quantitative estimate of drug-likeness (QED) is 0.750. The predicted molar refractivity (Wildman–Crippen MR) is 69.5 cm³/mol. The summed E-state index contributed by atoms with van der Waals surface area (Å²) < 4.78 is 6.42. The first-order valence-electron chi connectivity index (χ1n) is 5.94. The Bertz CT molecular complexity index is 467. The Morgan fingerprint density at radius 2 is 2.21 bits per heavy atom. The van der Waals surface area contributed by atoms with Crippen LogP contribution in [0.1, 0.15) is 31.4 Å². The molecule has 0 aliphatic rings. The number of carbonyl (C=O) groups is 2. The van der Waals surface area contributed by atoms with Gasteiger partial charge in [0, 0.05) is 25.5 Å². The van der Waals surface area contributed by atoms with Crippen molar-refractivity contribution in [2.24, 2.45) is 5.73 Å². The van der Waals surface area contributed by atoms with Crippen LogP contribution in [0.5, 0.6) is 0 Å². The third-order valence-corrected chi connectivity index (χ3v) is 2.81. The number of aromatic nitrogens is 2. The minimum absolute atomic E-state index is 0.0551. The maximum absolute atomic E-state index is 12.3. The summed E-state index contributed by atoms with van der Waals surface area (Å²) in [5, 5.41) is 2.81. The molecule has 1 aromatic rings. The highest BCUT2D eigenvalue weighted by atomic mass is 16.5. The topological polar surface area (TPSA) is 99.2 Å². The molecule has 7 nitrogen and oxygen atoms in total. The Hall–Kier alpha value is -1.89. The Balaban J connectivity index is 2.93. The van der Waals surface area contributed by atoms with Crippen LogP contribution in [0.3, 0.4) is 0 Å². The summed E-state index contributed by atoms with van der Waals surface area (Å²) in [5.41, 5.74) is 4.26. The highest BCUT2D eigenvalue weighted by molar-refractivity contribution is 5.91. The summed E-state index contributed by atoms with van der Waals surface area (Å²) in [5.74, 6) is -0.854. The minimum atomic E-state index is -0.969. The molecule has 0 bridgehead atoms. The molecule has 106 valence electrons. The van der Waals surface area contributed by atoms with E-state index in [2.05, 4.69) is 10.3 Å². The van der Waals surface area contributed by atoms with Crippen LogP contribution >= 0.6 is 0 Å². The van der Waals surface area contributed by atoms with Gasteiger partial charge in [0.2, 0.25) is 5.91 Å². The van der Waals surface area contributed by atoms with Gasteiger partial charge in [-0.3, -0.25) is 9.59 Å². The molecule has 0 spiro atoms. The summed E-state index contributed by atoms with van der Waals surface area (Å²) in [6.07, 6.45) is 2.99. The van der Waals surface area contributed by atoms with Crippen LogP contribution in [-0.2, 0) is 15.1 Å².